The SMILES string of the molecule is C=CCOC(=O)C1=C([C@@H]2CC(F)CN2C(=O)OCC=C)C[C@@H]2[C@@H]([C@@H](C)O[Si](C)(C)C(C)(C)C)C(=O)N12. The summed E-state index contributed by atoms with van der Waals surface area (Å²) in [7, 11) is -2.15. The Balaban J connectivity index is 1.91. The molecule has 2 amide bonds. The Morgan fingerprint density at radius 3 is 2.39 bits per heavy atom. The molecule has 10 heteroatoms. The molecule has 8 nitrogen and oxygen atoms in total. The van der Waals surface area contributed by atoms with Crippen molar-refractivity contribution in [3.05, 3.63) is 36.6 Å². The maximum absolute atomic E-state index is 14.6. The molecule has 0 aromatic heterocycles. The van der Waals surface area contributed by atoms with E-state index in [0.29, 0.717) is 12.0 Å². The summed E-state index contributed by atoms with van der Waals surface area (Å²) in [6, 6.07) is -1.03. The van der Waals surface area contributed by atoms with Gasteiger partial charge in [-0.1, -0.05) is 46.1 Å². The number of carbonyl (C=O) groups excluding carboxylic acids is 3. The van der Waals surface area contributed by atoms with Crippen LogP contribution < -0.4 is 0 Å². The number of likely N-dealkylation sites (tertiary alicyclic amines) is 1. The number of hydrogen-bond donors (Lipinski definition) is 0. The lowest BCUT2D eigenvalue weighted by molar-refractivity contribution is -0.161. The summed E-state index contributed by atoms with van der Waals surface area (Å²) >= 11 is 0. The standard InChI is InChI=1S/C26H39FN2O6Si/c1-9-11-33-24(31)22-18(19-13-17(27)15-28(19)25(32)34-12-10-2)14-20-21(23(30)29(20)22)16(3)35-36(7,8)26(4,5)6/h9-10,16-17,19-21H,1-2,11-15H2,3-8H3/t16-,17?,19+,20-,21-/m1/s1. The minimum Gasteiger partial charge on any atom is -0.457 e. The van der Waals surface area contributed by atoms with E-state index in [1.807, 2.05) is 6.92 Å². The molecule has 0 N–H and O–H groups in total. The molecule has 0 aromatic rings. The Hall–Kier alpha value is -2.46. The number of halogens is 1. The van der Waals surface area contributed by atoms with Crippen LogP contribution in [-0.2, 0) is 23.5 Å². The Kier molecular flexibility index (Phi) is 8.19. The molecular weight excluding hydrogens is 483 g/mol. The molecular formula is C26H39FN2O6Si. The number of nitrogens with zero attached hydrogens (tertiary/aromatic N) is 2. The van der Waals surface area contributed by atoms with Crippen molar-refractivity contribution in [1.82, 2.24) is 9.80 Å². The molecule has 0 saturated carbocycles. The van der Waals surface area contributed by atoms with Crippen molar-refractivity contribution < 1.29 is 32.7 Å². The van der Waals surface area contributed by atoms with Crippen molar-refractivity contribution in [1.29, 1.82) is 0 Å². The number of carbonyl (C=O) groups is 3. The van der Waals surface area contributed by atoms with E-state index < -0.39 is 38.5 Å². The second-order valence-corrected chi connectivity index (χ2v) is 16.0. The summed E-state index contributed by atoms with van der Waals surface area (Å²) in [6.07, 6.45) is 0.919. The van der Waals surface area contributed by atoms with Gasteiger partial charge < -0.3 is 18.8 Å². The monoisotopic (exact) mass is 522 g/mol. The van der Waals surface area contributed by atoms with Gasteiger partial charge in [0.2, 0.25) is 5.91 Å². The summed E-state index contributed by atoms with van der Waals surface area (Å²) in [5.74, 6) is -1.34. The van der Waals surface area contributed by atoms with E-state index in [4.69, 9.17) is 13.9 Å². The molecule has 2 fully saturated rings. The molecule has 2 saturated heterocycles. The van der Waals surface area contributed by atoms with Crippen molar-refractivity contribution in [3.8, 4) is 0 Å². The maximum Gasteiger partial charge on any atom is 0.410 e. The van der Waals surface area contributed by atoms with Crippen molar-refractivity contribution in [2.45, 2.75) is 83.0 Å². The second-order valence-electron chi connectivity index (χ2n) is 11.2. The molecule has 0 aromatic carbocycles. The number of fused-ring (bicyclic) bond motifs is 1. The van der Waals surface area contributed by atoms with Gasteiger partial charge in [-0.15, -0.1) is 0 Å². The molecule has 0 spiro atoms. The van der Waals surface area contributed by atoms with E-state index in [0.717, 1.165) is 0 Å². The molecule has 0 radical (unpaired) electrons. The zero-order valence-electron chi connectivity index (χ0n) is 22.2. The molecule has 1 unspecified atom stereocenters. The molecule has 5 atom stereocenters. The van der Waals surface area contributed by atoms with E-state index in [1.54, 1.807) is 0 Å². The van der Waals surface area contributed by atoms with Crippen LogP contribution in [0.1, 0.15) is 40.5 Å². The van der Waals surface area contributed by atoms with Crippen molar-refractivity contribution in [3.63, 3.8) is 0 Å². The number of alkyl halides is 1. The number of rotatable bonds is 9. The quantitative estimate of drug-likeness (QED) is 0.194. The van der Waals surface area contributed by atoms with Gasteiger partial charge in [0.05, 0.1) is 30.7 Å². The van der Waals surface area contributed by atoms with Gasteiger partial charge in [0.1, 0.15) is 25.1 Å². The molecule has 36 heavy (non-hydrogen) atoms. The summed E-state index contributed by atoms with van der Waals surface area (Å²) in [4.78, 5) is 41.9. The summed E-state index contributed by atoms with van der Waals surface area (Å²) < 4.78 is 31.5. The first kappa shape index (κ1) is 28.1. The van der Waals surface area contributed by atoms with Crippen LogP contribution in [0.5, 0.6) is 0 Å². The highest BCUT2D eigenvalue weighted by atomic mass is 28.4. The van der Waals surface area contributed by atoms with Gasteiger partial charge in [-0.2, -0.15) is 0 Å². The molecule has 3 rings (SSSR count). The topological polar surface area (TPSA) is 85.4 Å². The first-order chi connectivity index (χ1) is 16.7. The fraction of sp³-hybridized carbons (Fsp3) is 0.654. The van der Waals surface area contributed by atoms with E-state index in [2.05, 4.69) is 47.0 Å². The highest BCUT2D eigenvalue weighted by Crippen LogP contribution is 2.49. The Morgan fingerprint density at radius 1 is 1.19 bits per heavy atom. The number of β-lactam (4-membered cyclic amide) rings is 1. The van der Waals surface area contributed by atoms with Crippen molar-refractivity contribution >= 4 is 26.3 Å². The van der Waals surface area contributed by atoms with Crippen LogP contribution >= 0.6 is 0 Å². The van der Waals surface area contributed by atoms with Gasteiger partial charge in [-0.3, -0.25) is 9.69 Å². The van der Waals surface area contributed by atoms with Gasteiger partial charge in [0, 0.05) is 6.42 Å². The number of esters is 1. The van der Waals surface area contributed by atoms with Crippen molar-refractivity contribution in [2.24, 2.45) is 5.92 Å². The lowest BCUT2D eigenvalue weighted by Crippen LogP contribution is -2.63. The predicted octanol–water partition coefficient (Wildman–Crippen LogP) is 4.35. The van der Waals surface area contributed by atoms with Gasteiger partial charge in [0.15, 0.2) is 8.32 Å². The highest BCUT2D eigenvalue weighted by molar-refractivity contribution is 6.74. The van der Waals surface area contributed by atoms with Gasteiger partial charge in [0.25, 0.3) is 0 Å². The second kappa shape index (κ2) is 10.5. The largest absolute Gasteiger partial charge is 0.457 e. The molecule has 3 aliphatic rings. The lowest BCUT2D eigenvalue weighted by Gasteiger charge is -2.48. The summed E-state index contributed by atoms with van der Waals surface area (Å²) in [5.41, 5.74) is 0.628. The predicted molar refractivity (Wildman–Crippen MR) is 136 cm³/mol. The highest BCUT2D eigenvalue weighted by Gasteiger charge is 2.60. The summed E-state index contributed by atoms with van der Waals surface area (Å²) in [5, 5.41) is -0.0290. The average molecular weight is 523 g/mol. The molecule has 200 valence electrons. The van der Waals surface area contributed by atoms with E-state index in [9.17, 15) is 18.8 Å². The molecule has 3 aliphatic heterocycles. The minimum atomic E-state index is -2.15. The van der Waals surface area contributed by atoms with Crippen molar-refractivity contribution in [2.75, 3.05) is 19.8 Å². The zero-order valence-corrected chi connectivity index (χ0v) is 23.2. The van der Waals surface area contributed by atoms with Gasteiger partial charge in [-0.05, 0) is 37.0 Å². The van der Waals surface area contributed by atoms with E-state index in [-0.39, 0.29) is 55.0 Å². The molecule has 0 aliphatic carbocycles. The van der Waals surface area contributed by atoms with E-state index >= 15 is 0 Å². The molecule has 0 bridgehead atoms. The van der Waals surface area contributed by atoms with Crippen LogP contribution in [0.4, 0.5) is 9.18 Å². The van der Waals surface area contributed by atoms with Crippen LogP contribution in [0.25, 0.3) is 0 Å². The summed E-state index contributed by atoms with van der Waals surface area (Å²) in [6.45, 7) is 19.5. The molecule has 3 heterocycles. The number of ether oxygens (including phenoxy) is 2. The van der Waals surface area contributed by atoms with Gasteiger partial charge in [-0.25, -0.2) is 14.0 Å². The van der Waals surface area contributed by atoms with Crippen LogP contribution in [0.15, 0.2) is 36.6 Å². The third-order valence-corrected chi connectivity index (χ3v) is 12.3. The first-order valence-corrected chi connectivity index (χ1v) is 15.4. The third kappa shape index (κ3) is 5.15. The maximum atomic E-state index is 14.6. The fourth-order valence-corrected chi connectivity index (χ4v) is 6.45. The van der Waals surface area contributed by atoms with Gasteiger partial charge >= 0.3 is 12.1 Å². The van der Waals surface area contributed by atoms with Crippen LogP contribution in [-0.4, -0.2) is 80.2 Å². The Labute approximate surface area is 214 Å². The third-order valence-electron chi connectivity index (χ3n) is 7.77. The Morgan fingerprint density at radius 2 is 1.81 bits per heavy atom. The Bertz CT molecular complexity index is 959. The number of amides is 2. The first-order valence-electron chi connectivity index (χ1n) is 12.5. The smallest absolute Gasteiger partial charge is 0.410 e. The fourth-order valence-electron chi connectivity index (χ4n) is 5.02. The van der Waals surface area contributed by atoms with Crippen LogP contribution in [0.2, 0.25) is 18.1 Å². The van der Waals surface area contributed by atoms with Crippen LogP contribution in [0, 0.1) is 5.92 Å². The zero-order chi connectivity index (χ0) is 27.0. The lowest BCUT2D eigenvalue weighted by atomic mass is 9.82. The van der Waals surface area contributed by atoms with E-state index in [1.165, 1.54) is 22.0 Å². The minimum absolute atomic E-state index is 0.0100. The number of hydrogen-bond acceptors (Lipinski definition) is 6. The average Bonchev–Trinajstić information content (AvgIpc) is 3.32. The normalized spacial score (nSPS) is 26.9. The van der Waals surface area contributed by atoms with Crippen LogP contribution in [0.3, 0.4) is 0 Å².